The molecule has 2 heterocycles. The van der Waals surface area contributed by atoms with Gasteiger partial charge in [0.2, 0.25) is 0 Å². The highest BCUT2D eigenvalue weighted by Crippen LogP contribution is 2.17. The third-order valence-electron chi connectivity index (χ3n) is 4.39. The summed E-state index contributed by atoms with van der Waals surface area (Å²) in [5.74, 6) is 0.764. The second-order valence-electron chi connectivity index (χ2n) is 6.21. The van der Waals surface area contributed by atoms with Gasteiger partial charge in [-0.25, -0.2) is 0 Å². The maximum atomic E-state index is 3.79. The number of likely N-dealkylation sites (N-methyl/N-ethyl adjacent to an activating group) is 1. The van der Waals surface area contributed by atoms with E-state index in [4.69, 9.17) is 0 Å². The summed E-state index contributed by atoms with van der Waals surface area (Å²) in [6, 6.07) is 1.47. The Hall–Kier alpha value is -0.120. The van der Waals surface area contributed by atoms with Crippen LogP contribution >= 0.6 is 0 Å². The lowest BCUT2D eigenvalue weighted by molar-refractivity contribution is 0.182. The predicted molar refractivity (Wildman–Crippen MR) is 73.3 cm³/mol. The Morgan fingerprint density at radius 1 is 1.18 bits per heavy atom. The number of nitrogens with one attached hydrogen (secondary N) is 1. The van der Waals surface area contributed by atoms with Crippen LogP contribution in [0.15, 0.2) is 0 Å². The zero-order chi connectivity index (χ0) is 12.3. The maximum Gasteiger partial charge on any atom is 0.0243 e. The smallest absolute Gasteiger partial charge is 0.0243 e. The van der Waals surface area contributed by atoms with E-state index in [2.05, 4.69) is 36.0 Å². The van der Waals surface area contributed by atoms with Gasteiger partial charge in [0.05, 0.1) is 0 Å². The van der Waals surface area contributed by atoms with E-state index < -0.39 is 0 Å². The molecule has 0 aliphatic carbocycles. The van der Waals surface area contributed by atoms with E-state index in [0.29, 0.717) is 0 Å². The van der Waals surface area contributed by atoms with Crippen molar-refractivity contribution < 1.29 is 0 Å². The van der Waals surface area contributed by atoms with Crippen molar-refractivity contribution in [2.45, 2.75) is 45.2 Å². The summed E-state index contributed by atoms with van der Waals surface area (Å²) in [5.41, 5.74) is 0. The van der Waals surface area contributed by atoms with Gasteiger partial charge in [-0.3, -0.25) is 4.90 Å². The molecule has 1 N–H and O–H groups in total. The van der Waals surface area contributed by atoms with Crippen molar-refractivity contribution >= 4 is 0 Å². The molecule has 2 aliphatic rings. The Bertz CT molecular complexity index is 224. The van der Waals surface area contributed by atoms with Gasteiger partial charge in [0.25, 0.3) is 0 Å². The molecule has 2 unspecified atom stereocenters. The lowest BCUT2D eigenvalue weighted by Crippen LogP contribution is -2.47. The van der Waals surface area contributed by atoms with E-state index in [0.717, 1.165) is 18.0 Å². The van der Waals surface area contributed by atoms with Gasteiger partial charge in [-0.1, -0.05) is 13.8 Å². The van der Waals surface area contributed by atoms with Crippen molar-refractivity contribution in [2.24, 2.45) is 5.92 Å². The SMILES string of the molecule is CC(C)C(CNC1CCN(C)C1)N1CCCC1. The van der Waals surface area contributed by atoms with Gasteiger partial charge in [0, 0.05) is 25.2 Å². The van der Waals surface area contributed by atoms with Crippen LogP contribution < -0.4 is 5.32 Å². The number of rotatable bonds is 5. The molecule has 0 saturated carbocycles. The molecule has 0 bridgehead atoms. The molecular formula is C14H29N3. The zero-order valence-corrected chi connectivity index (χ0v) is 11.8. The average Bonchev–Trinajstić information content (AvgIpc) is 2.90. The molecule has 3 nitrogen and oxygen atoms in total. The lowest BCUT2D eigenvalue weighted by Gasteiger charge is -2.32. The predicted octanol–water partition coefficient (Wildman–Crippen LogP) is 1.40. The van der Waals surface area contributed by atoms with E-state index in [9.17, 15) is 0 Å². The van der Waals surface area contributed by atoms with Crippen LogP contribution in [0, 0.1) is 5.92 Å². The largest absolute Gasteiger partial charge is 0.311 e. The molecule has 17 heavy (non-hydrogen) atoms. The van der Waals surface area contributed by atoms with E-state index in [1.807, 2.05) is 0 Å². The Morgan fingerprint density at radius 2 is 1.88 bits per heavy atom. The minimum atomic E-state index is 0.726. The van der Waals surface area contributed by atoms with Crippen molar-refractivity contribution in [3.63, 3.8) is 0 Å². The lowest BCUT2D eigenvalue weighted by atomic mass is 10.0. The van der Waals surface area contributed by atoms with Gasteiger partial charge in [-0.2, -0.15) is 0 Å². The Kier molecular flexibility index (Phi) is 4.83. The first kappa shape index (κ1) is 13.3. The van der Waals surface area contributed by atoms with E-state index in [-0.39, 0.29) is 0 Å². The van der Waals surface area contributed by atoms with Crippen LogP contribution in [-0.4, -0.2) is 61.7 Å². The van der Waals surface area contributed by atoms with Crippen molar-refractivity contribution in [3.05, 3.63) is 0 Å². The fraction of sp³-hybridized carbons (Fsp3) is 1.00. The van der Waals surface area contributed by atoms with Crippen LogP contribution in [0.1, 0.15) is 33.1 Å². The minimum Gasteiger partial charge on any atom is -0.311 e. The normalized spacial score (nSPS) is 29.3. The van der Waals surface area contributed by atoms with Gasteiger partial charge >= 0.3 is 0 Å². The van der Waals surface area contributed by atoms with Crippen molar-refractivity contribution in [1.82, 2.24) is 15.1 Å². The third kappa shape index (κ3) is 3.67. The van der Waals surface area contributed by atoms with Gasteiger partial charge < -0.3 is 10.2 Å². The number of nitrogens with zero attached hydrogens (tertiary/aromatic N) is 2. The third-order valence-corrected chi connectivity index (χ3v) is 4.39. The Morgan fingerprint density at radius 3 is 2.41 bits per heavy atom. The van der Waals surface area contributed by atoms with Crippen LogP contribution in [0.4, 0.5) is 0 Å². The molecule has 0 amide bonds. The highest BCUT2D eigenvalue weighted by atomic mass is 15.2. The second-order valence-corrected chi connectivity index (χ2v) is 6.21. The van der Waals surface area contributed by atoms with Crippen LogP contribution in [0.5, 0.6) is 0 Å². The summed E-state index contributed by atoms with van der Waals surface area (Å²) in [5, 5.41) is 3.79. The second kappa shape index (κ2) is 6.17. The molecule has 0 aromatic rings. The molecule has 2 fully saturated rings. The van der Waals surface area contributed by atoms with Crippen LogP contribution in [0.3, 0.4) is 0 Å². The molecule has 2 saturated heterocycles. The minimum absolute atomic E-state index is 0.726. The highest BCUT2D eigenvalue weighted by Gasteiger charge is 2.26. The van der Waals surface area contributed by atoms with Gasteiger partial charge in [-0.15, -0.1) is 0 Å². The Labute approximate surface area is 107 Å². The quantitative estimate of drug-likeness (QED) is 0.782. The summed E-state index contributed by atoms with van der Waals surface area (Å²) in [4.78, 5) is 5.12. The first-order valence-electron chi connectivity index (χ1n) is 7.33. The van der Waals surface area contributed by atoms with Crippen LogP contribution in [-0.2, 0) is 0 Å². The topological polar surface area (TPSA) is 18.5 Å². The fourth-order valence-electron chi connectivity index (χ4n) is 3.25. The summed E-state index contributed by atoms with van der Waals surface area (Å²) in [6.45, 7) is 11.0. The molecule has 3 heteroatoms. The first-order chi connectivity index (χ1) is 8.16. The molecule has 2 rings (SSSR count). The van der Waals surface area contributed by atoms with Gasteiger partial charge in [0.1, 0.15) is 0 Å². The summed E-state index contributed by atoms with van der Waals surface area (Å²) in [6.07, 6.45) is 4.12. The van der Waals surface area contributed by atoms with E-state index in [1.54, 1.807) is 0 Å². The van der Waals surface area contributed by atoms with Crippen molar-refractivity contribution in [1.29, 1.82) is 0 Å². The van der Waals surface area contributed by atoms with Crippen LogP contribution in [0.2, 0.25) is 0 Å². The monoisotopic (exact) mass is 239 g/mol. The molecular weight excluding hydrogens is 210 g/mol. The number of hydrogen-bond acceptors (Lipinski definition) is 3. The van der Waals surface area contributed by atoms with Crippen molar-refractivity contribution in [3.8, 4) is 0 Å². The number of hydrogen-bond donors (Lipinski definition) is 1. The molecule has 100 valence electrons. The Balaban J connectivity index is 1.77. The molecule has 0 aromatic heterocycles. The summed E-state index contributed by atoms with van der Waals surface area (Å²) in [7, 11) is 2.22. The zero-order valence-electron chi connectivity index (χ0n) is 11.8. The summed E-state index contributed by atoms with van der Waals surface area (Å²) < 4.78 is 0. The number of likely N-dealkylation sites (tertiary alicyclic amines) is 2. The van der Waals surface area contributed by atoms with E-state index >= 15 is 0 Å². The molecule has 0 aromatic carbocycles. The van der Waals surface area contributed by atoms with Gasteiger partial charge in [0.15, 0.2) is 0 Å². The standard InChI is InChI=1S/C14H29N3/c1-12(2)14(17-7-4-5-8-17)10-15-13-6-9-16(3)11-13/h12-15H,4-11H2,1-3H3. The maximum absolute atomic E-state index is 3.79. The van der Waals surface area contributed by atoms with Crippen molar-refractivity contribution in [2.75, 3.05) is 39.8 Å². The van der Waals surface area contributed by atoms with Crippen LogP contribution in [0.25, 0.3) is 0 Å². The molecule has 0 radical (unpaired) electrons. The fourth-order valence-corrected chi connectivity index (χ4v) is 3.25. The average molecular weight is 239 g/mol. The summed E-state index contributed by atoms with van der Waals surface area (Å²) >= 11 is 0. The molecule has 2 atom stereocenters. The van der Waals surface area contributed by atoms with Gasteiger partial charge in [-0.05, 0) is 51.9 Å². The van der Waals surface area contributed by atoms with E-state index in [1.165, 1.54) is 52.0 Å². The molecule has 0 spiro atoms. The molecule has 2 aliphatic heterocycles. The first-order valence-corrected chi connectivity index (χ1v) is 7.33. The highest BCUT2D eigenvalue weighted by molar-refractivity contribution is 4.85.